The summed E-state index contributed by atoms with van der Waals surface area (Å²) in [6.07, 6.45) is 0. The van der Waals surface area contributed by atoms with Gasteiger partial charge < -0.3 is 19.7 Å². The number of hydrogen-bond acceptors (Lipinski definition) is 6. The predicted molar refractivity (Wildman–Crippen MR) is 129 cm³/mol. The number of aromatic hydroxyl groups is 1. The highest BCUT2D eigenvalue weighted by Gasteiger charge is 2.47. The lowest BCUT2D eigenvalue weighted by molar-refractivity contribution is -0.132. The van der Waals surface area contributed by atoms with Crippen LogP contribution in [-0.2, 0) is 9.59 Å². The van der Waals surface area contributed by atoms with Crippen LogP contribution in [0.2, 0.25) is 10.0 Å². The molecule has 9 heteroatoms. The minimum Gasteiger partial charge on any atom is -0.508 e. The minimum atomic E-state index is -1.01. The molecule has 2 N–H and O–H groups in total. The van der Waals surface area contributed by atoms with Gasteiger partial charge in [-0.25, -0.2) is 0 Å². The Balaban J connectivity index is 1.99. The van der Waals surface area contributed by atoms with Gasteiger partial charge in [-0.2, -0.15) is 0 Å². The summed E-state index contributed by atoms with van der Waals surface area (Å²) in [4.78, 5) is 27.7. The molecule has 0 saturated carbocycles. The number of nitrogens with zero attached hydrogens (tertiary/aromatic N) is 1. The minimum absolute atomic E-state index is 0.00654. The summed E-state index contributed by atoms with van der Waals surface area (Å²) in [7, 11) is 2.82. The van der Waals surface area contributed by atoms with Crippen LogP contribution in [0.5, 0.6) is 17.2 Å². The van der Waals surface area contributed by atoms with Crippen LogP contribution >= 0.6 is 23.2 Å². The third-order valence-corrected chi connectivity index (χ3v) is 6.00. The topological polar surface area (TPSA) is 96.3 Å². The Morgan fingerprint density at radius 1 is 0.941 bits per heavy atom. The average Bonchev–Trinajstić information content (AvgIpc) is 3.09. The number of aliphatic hydroxyl groups is 1. The highest BCUT2D eigenvalue weighted by molar-refractivity contribution is 6.52. The number of rotatable bonds is 5. The largest absolute Gasteiger partial charge is 0.508 e. The van der Waals surface area contributed by atoms with Gasteiger partial charge in [-0.1, -0.05) is 41.4 Å². The molecule has 7 nitrogen and oxygen atoms in total. The van der Waals surface area contributed by atoms with Crippen LogP contribution in [0.4, 0.5) is 5.69 Å². The molecular formula is C25H19Cl2NO6. The van der Waals surface area contributed by atoms with E-state index < -0.39 is 23.5 Å². The van der Waals surface area contributed by atoms with E-state index in [-0.39, 0.29) is 27.7 Å². The SMILES string of the molecule is COc1cc(OC)c(/C(O)=C2\C(=O)C(=O)N(c3cccc(Cl)c3)C2c2ccc(O)cc2)cc1Cl. The zero-order valence-corrected chi connectivity index (χ0v) is 19.6. The number of benzene rings is 3. The normalized spacial score (nSPS) is 17.2. The molecule has 1 saturated heterocycles. The van der Waals surface area contributed by atoms with Crippen LogP contribution in [0.15, 0.2) is 66.2 Å². The third-order valence-electron chi connectivity index (χ3n) is 5.47. The van der Waals surface area contributed by atoms with Gasteiger partial charge in [0.1, 0.15) is 23.0 Å². The van der Waals surface area contributed by atoms with Crippen LogP contribution in [0, 0.1) is 0 Å². The number of hydrogen-bond donors (Lipinski definition) is 2. The summed E-state index contributed by atoms with van der Waals surface area (Å²) in [5.41, 5.74) is 0.792. The number of phenols is 1. The molecule has 3 aromatic carbocycles. The lowest BCUT2D eigenvalue weighted by Crippen LogP contribution is -2.29. The quantitative estimate of drug-likeness (QED) is 0.279. The van der Waals surface area contributed by atoms with Gasteiger partial charge in [0.15, 0.2) is 0 Å². The molecule has 4 rings (SSSR count). The number of ketones is 1. The second-order valence-electron chi connectivity index (χ2n) is 7.43. The number of phenolic OH excluding ortho intramolecular Hbond substituents is 1. The number of carbonyl (C=O) groups is 2. The molecule has 0 aromatic heterocycles. The van der Waals surface area contributed by atoms with Crippen molar-refractivity contribution in [1.29, 1.82) is 0 Å². The zero-order chi connectivity index (χ0) is 24.6. The summed E-state index contributed by atoms with van der Waals surface area (Å²) in [6, 6.07) is 14.3. The van der Waals surface area contributed by atoms with E-state index in [2.05, 4.69) is 0 Å². The van der Waals surface area contributed by atoms with E-state index in [4.69, 9.17) is 32.7 Å². The molecule has 1 fully saturated rings. The van der Waals surface area contributed by atoms with Crippen LogP contribution < -0.4 is 14.4 Å². The van der Waals surface area contributed by atoms with Crippen molar-refractivity contribution in [2.24, 2.45) is 0 Å². The number of carbonyl (C=O) groups excluding carboxylic acids is 2. The van der Waals surface area contributed by atoms with Crippen molar-refractivity contribution in [2.45, 2.75) is 6.04 Å². The molecule has 1 aliphatic heterocycles. The van der Waals surface area contributed by atoms with Gasteiger partial charge in [0.2, 0.25) is 0 Å². The van der Waals surface area contributed by atoms with Gasteiger partial charge in [0, 0.05) is 16.8 Å². The summed E-state index contributed by atoms with van der Waals surface area (Å²) in [5.74, 6) is -1.71. The maximum atomic E-state index is 13.3. The molecule has 1 aliphatic rings. The Hall–Kier alpha value is -3.68. The Morgan fingerprint density at radius 2 is 1.62 bits per heavy atom. The fourth-order valence-corrected chi connectivity index (χ4v) is 4.31. The maximum Gasteiger partial charge on any atom is 0.300 e. The van der Waals surface area contributed by atoms with E-state index >= 15 is 0 Å². The van der Waals surface area contributed by atoms with Crippen molar-refractivity contribution in [1.82, 2.24) is 0 Å². The van der Waals surface area contributed by atoms with Crippen molar-refractivity contribution in [3.63, 3.8) is 0 Å². The molecule has 0 spiro atoms. The second-order valence-corrected chi connectivity index (χ2v) is 8.27. The number of Topliss-reactive ketones (excluding diaryl/α,β-unsaturated/α-hetero) is 1. The summed E-state index contributed by atoms with van der Waals surface area (Å²) >= 11 is 12.4. The first-order valence-corrected chi connectivity index (χ1v) is 10.8. The molecule has 0 bridgehead atoms. The predicted octanol–water partition coefficient (Wildman–Crippen LogP) is 5.34. The Bertz CT molecular complexity index is 1320. The van der Waals surface area contributed by atoms with E-state index in [9.17, 15) is 19.8 Å². The first-order valence-electron chi connectivity index (χ1n) is 10.0. The summed E-state index contributed by atoms with van der Waals surface area (Å²) < 4.78 is 10.6. The van der Waals surface area contributed by atoms with Crippen molar-refractivity contribution in [3.05, 3.63) is 87.4 Å². The third kappa shape index (κ3) is 4.04. The summed E-state index contributed by atoms with van der Waals surface area (Å²) in [6.45, 7) is 0. The van der Waals surface area contributed by atoms with Gasteiger partial charge in [-0.05, 0) is 42.0 Å². The number of anilines is 1. The second kappa shape index (κ2) is 9.29. The number of halogens is 2. The van der Waals surface area contributed by atoms with Gasteiger partial charge in [0.05, 0.1) is 36.4 Å². The number of methoxy groups -OCH3 is 2. The molecule has 1 amide bonds. The van der Waals surface area contributed by atoms with Crippen molar-refractivity contribution in [2.75, 3.05) is 19.1 Å². The lowest BCUT2D eigenvalue weighted by atomic mass is 9.94. The van der Waals surface area contributed by atoms with E-state index in [1.165, 1.54) is 43.4 Å². The van der Waals surface area contributed by atoms with Crippen LogP contribution in [-0.4, -0.2) is 36.1 Å². The molecule has 1 atom stereocenters. The maximum absolute atomic E-state index is 13.3. The molecule has 1 heterocycles. The van der Waals surface area contributed by atoms with Crippen molar-refractivity contribution in [3.8, 4) is 17.2 Å². The molecular weight excluding hydrogens is 481 g/mol. The average molecular weight is 500 g/mol. The smallest absolute Gasteiger partial charge is 0.300 e. The van der Waals surface area contributed by atoms with E-state index in [1.807, 2.05) is 0 Å². The zero-order valence-electron chi connectivity index (χ0n) is 18.1. The Morgan fingerprint density at radius 3 is 2.24 bits per heavy atom. The molecule has 174 valence electrons. The fraction of sp³-hybridized carbons (Fsp3) is 0.120. The standard InChI is InChI=1S/C25H19Cl2NO6/c1-33-19-12-20(34-2)18(27)11-17(19)23(30)21-22(13-6-8-16(29)9-7-13)28(25(32)24(21)31)15-5-3-4-14(26)10-15/h3-12,22,29-30H,1-2H3/b23-21+. The first kappa shape index (κ1) is 23.5. The molecule has 3 aromatic rings. The van der Waals surface area contributed by atoms with E-state index in [0.29, 0.717) is 22.0 Å². The molecule has 1 unspecified atom stereocenters. The van der Waals surface area contributed by atoms with Crippen LogP contribution in [0.1, 0.15) is 17.2 Å². The highest BCUT2D eigenvalue weighted by atomic mass is 35.5. The van der Waals surface area contributed by atoms with Gasteiger partial charge in [-0.3, -0.25) is 14.5 Å². The van der Waals surface area contributed by atoms with Gasteiger partial charge in [0.25, 0.3) is 11.7 Å². The van der Waals surface area contributed by atoms with Crippen molar-refractivity contribution >= 4 is 46.3 Å². The van der Waals surface area contributed by atoms with Gasteiger partial charge >= 0.3 is 0 Å². The molecule has 34 heavy (non-hydrogen) atoms. The van der Waals surface area contributed by atoms with Crippen molar-refractivity contribution < 1.29 is 29.3 Å². The number of ether oxygens (including phenoxy) is 2. The lowest BCUT2D eigenvalue weighted by Gasteiger charge is -2.25. The van der Waals surface area contributed by atoms with E-state index in [1.54, 1.807) is 36.4 Å². The Labute approximate surface area is 205 Å². The number of amides is 1. The Kier molecular flexibility index (Phi) is 6.41. The molecule has 0 radical (unpaired) electrons. The first-order chi connectivity index (χ1) is 16.3. The summed E-state index contributed by atoms with van der Waals surface area (Å²) in [5, 5.41) is 21.6. The monoisotopic (exact) mass is 499 g/mol. The number of aliphatic hydroxyl groups excluding tert-OH is 1. The highest BCUT2D eigenvalue weighted by Crippen LogP contribution is 2.45. The van der Waals surface area contributed by atoms with Crippen LogP contribution in [0.3, 0.4) is 0 Å². The van der Waals surface area contributed by atoms with Gasteiger partial charge in [-0.15, -0.1) is 0 Å². The van der Waals surface area contributed by atoms with Crippen LogP contribution in [0.25, 0.3) is 5.76 Å². The fourth-order valence-electron chi connectivity index (χ4n) is 3.89. The van der Waals surface area contributed by atoms with E-state index in [0.717, 1.165) is 0 Å². The molecule has 0 aliphatic carbocycles.